The predicted molar refractivity (Wildman–Crippen MR) is 138 cm³/mol. The number of hydrogen-bond acceptors (Lipinski definition) is 7. The summed E-state index contributed by atoms with van der Waals surface area (Å²) in [5, 5.41) is 14.7. The van der Waals surface area contributed by atoms with Crippen LogP contribution in [-0.2, 0) is 0 Å². The molecule has 1 amide bonds. The first-order valence-corrected chi connectivity index (χ1v) is 12.1. The highest BCUT2D eigenvalue weighted by atomic mass is 16.5. The molecule has 10 heteroatoms. The highest BCUT2D eigenvalue weighted by Crippen LogP contribution is 2.30. The van der Waals surface area contributed by atoms with E-state index in [1.165, 1.54) is 4.90 Å². The van der Waals surface area contributed by atoms with E-state index in [0.29, 0.717) is 38.7 Å². The van der Waals surface area contributed by atoms with Crippen LogP contribution in [0.15, 0.2) is 73.4 Å². The molecular formula is C27H25N7O3. The van der Waals surface area contributed by atoms with Crippen LogP contribution in [0.25, 0.3) is 38.8 Å². The number of amides is 1. The van der Waals surface area contributed by atoms with Crippen molar-refractivity contribution in [2.75, 3.05) is 39.3 Å². The second-order valence-electron chi connectivity index (χ2n) is 8.89. The molecular weight excluding hydrogens is 470 g/mol. The maximum Gasteiger partial charge on any atom is 0.407 e. The molecule has 1 N–H and O–H groups in total. The Bertz CT molecular complexity index is 1550. The van der Waals surface area contributed by atoms with Crippen LogP contribution in [0.2, 0.25) is 0 Å². The Hall–Kier alpha value is -4.57. The minimum Gasteiger partial charge on any atom is -0.476 e. The molecule has 0 saturated carbocycles. The summed E-state index contributed by atoms with van der Waals surface area (Å²) in [4.78, 5) is 28.3. The molecule has 0 unspecified atom stereocenters. The van der Waals surface area contributed by atoms with Gasteiger partial charge in [0, 0.05) is 85.7 Å². The molecule has 0 atom stereocenters. The van der Waals surface area contributed by atoms with Gasteiger partial charge in [-0.15, -0.1) is 0 Å². The number of hydrogen-bond donors (Lipinski definition) is 1. The van der Waals surface area contributed by atoms with Gasteiger partial charge in [-0.2, -0.15) is 5.10 Å². The van der Waals surface area contributed by atoms with Crippen molar-refractivity contribution < 1.29 is 14.6 Å². The summed E-state index contributed by atoms with van der Waals surface area (Å²) in [6.07, 6.45) is 8.32. The third kappa shape index (κ3) is 4.66. The molecule has 1 aliphatic heterocycles. The van der Waals surface area contributed by atoms with Crippen molar-refractivity contribution >= 4 is 22.6 Å². The zero-order chi connectivity index (χ0) is 25.2. The number of rotatable bonds is 6. The number of nitrogens with zero attached hydrogens (tertiary/aromatic N) is 7. The lowest BCUT2D eigenvalue weighted by atomic mass is 10.0. The fourth-order valence-electron chi connectivity index (χ4n) is 4.63. The lowest BCUT2D eigenvalue weighted by Crippen LogP contribution is -2.49. The third-order valence-corrected chi connectivity index (χ3v) is 6.66. The fraction of sp³-hybridized carbons (Fsp3) is 0.222. The van der Waals surface area contributed by atoms with Crippen LogP contribution in [0.4, 0.5) is 4.79 Å². The number of pyridine rings is 2. The van der Waals surface area contributed by atoms with Gasteiger partial charge >= 0.3 is 6.09 Å². The van der Waals surface area contributed by atoms with E-state index >= 15 is 0 Å². The topological polar surface area (TPSA) is 109 Å². The van der Waals surface area contributed by atoms with Crippen LogP contribution < -0.4 is 4.74 Å². The number of ether oxygens (including phenoxy) is 1. The van der Waals surface area contributed by atoms with E-state index in [2.05, 4.69) is 32.1 Å². The normalized spacial score (nSPS) is 14.3. The minimum atomic E-state index is -0.857. The first kappa shape index (κ1) is 22.9. The van der Waals surface area contributed by atoms with Crippen molar-refractivity contribution in [1.29, 1.82) is 0 Å². The van der Waals surface area contributed by atoms with E-state index in [4.69, 9.17) is 14.8 Å². The van der Waals surface area contributed by atoms with E-state index in [-0.39, 0.29) is 0 Å². The molecule has 0 bridgehead atoms. The number of piperazine rings is 1. The standard InChI is InChI=1S/C27H25N7O3/c35-27(36)33-11-9-32(10-12-33)13-14-37-25-7-6-19(15-29-25)20-16-30-26-23(17-31-34(26)18-20)21-3-1-5-24-22(21)4-2-8-28-24/h1-8,15-18H,9-14H2,(H,35,36). The second-order valence-corrected chi connectivity index (χ2v) is 8.89. The van der Waals surface area contributed by atoms with Gasteiger partial charge in [-0.1, -0.05) is 18.2 Å². The average Bonchev–Trinajstić information content (AvgIpc) is 3.36. The van der Waals surface area contributed by atoms with Gasteiger partial charge in [0.2, 0.25) is 5.88 Å². The molecule has 5 heterocycles. The van der Waals surface area contributed by atoms with Crippen molar-refractivity contribution in [3.63, 3.8) is 0 Å². The lowest BCUT2D eigenvalue weighted by molar-refractivity contribution is 0.0981. The van der Waals surface area contributed by atoms with Gasteiger partial charge in [-0.25, -0.2) is 19.3 Å². The monoisotopic (exact) mass is 495 g/mol. The Labute approximate surface area is 212 Å². The summed E-state index contributed by atoms with van der Waals surface area (Å²) in [6.45, 7) is 3.70. The molecule has 37 heavy (non-hydrogen) atoms. The lowest BCUT2D eigenvalue weighted by Gasteiger charge is -2.32. The molecule has 1 aliphatic rings. The molecule has 1 aromatic carbocycles. The Kier molecular flexibility index (Phi) is 6.07. The first-order valence-electron chi connectivity index (χ1n) is 12.1. The summed E-state index contributed by atoms with van der Waals surface area (Å²) < 4.78 is 7.60. The largest absolute Gasteiger partial charge is 0.476 e. The summed E-state index contributed by atoms with van der Waals surface area (Å²) in [7, 11) is 0. The molecule has 4 aromatic heterocycles. The van der Waals surface area contributed by atoms with E-state index in [1.807, 2.05) is 48.9 Å². The quantitative estimate of drug-likeness (QED) is 0.380. The molecule has 1 saturated heterocycles. The van der Waals surface area contributed by atoms with Crippen molar-refractivity contribution in [1.82, 2.24) is 34.4 Å². The molecule has 0 radical (unpaired) electrons. The van der Waals surface area contributed by atoms with Gasteiger partial charge in [-0.05, 0) is 23.8 Å². The van der Waals surface area contributed by atoms with E-state index in [0.717, 1.165) is 45.3 Å². The molecule has 0 aliphatic carbocycles. The van der Waals surface area contributed by atoms with Gasteiger partial charge in [0.25, 0.3) is 0 Å². The second kappa shape index (κ2) is 9.82. The van der Waals surface area contributed by atoms with Crippen LogP contribution in [0.3, 0.4) is 0 Å². The number of carboxylic acid groups (broad SMARTS) is 1. The molecule has 6 rings (SSSR count). The van der Waals surface area contributed by atoms with Gasteiger partial charge < -0.3 is 14.7 Å². The van der Waals surface area contributed by atoms with Crippen LogP contribution >= 0.6 is 0 Å². The zero-order valence-corrected chi connectivity index (χ0v) is 20.1. The van der Waals surface area contributed by atoms with E-state index in [1.54, 1.807) is 16.9 Å². The number of benzene rings is 1. The van der Waals surface area contributed by atoms with Crippen LogP contribution in [-0.4, -0.2) is 84.9 Å². The summed E-state index contributed by atoms with van der Waals surface area (Å²) in [5.74, 6) is 0.549. The zero-order valence-electron chi connectivity index (χ0n) is 20.1. The molecule has 5 aromatic rings. The average molecular weight is 496 g/mol. The van der Waals surface area contributed by atoms with Gasteiger partial charge in [0.15, 0.2) is 5.65 Å². The Morgan fingerprint density at radius 3 is 2.57 bits per heavy atom. The van der Waals surface area contributed by atoms with E-state index < -0.39 is 6.09 Å². The summed E-state index contributed by atoms with van der Waals surface area (Å²) >= 11 is 0. The third-order valence-electron chi connectivity index (χ3n) is 6.66. The van der Waals surface area contributed by atoms with Crippen LogP contribution in [0.5, 0.6) is 5.88 Å². The number of carbonyl (C=O) groups is 1. The van der Waals surface area contributed by atoms with Crippen LogP contribution in [0.1, 0.15) is 0 Å². The highest BCUT2D eigenvalue weighted by Gasteiger charge is 2.20. The SMILES string of the molecule is O=C(O)N1CCN(CCOc2ccc(-c3cnc4c(-c5cccc6ncccc56)cnn4c3)cn2)CC1. The molecule has 186 valence electrons. The highest BCUT2D eigenvalue weighted by molar-refractivity contribution is 5.97. The van der Waals surface area contributed by atoms with Crippen molar-refractivity contribution in [3.05, 3.63) is 73.4 Å². The maximum absolute atomic E-state index is 11.0. The van der Waals surface area contributed by atoms with Crippen molar-refractivity contribution in [2.45, 2.75) is 0 Å². The Morgan fingerprint density at radius 2 is 1.76 bits per heavy atom. The number of fused-ring (bicyclic) bond motifs is 2. The Balaban J connectivity index is 1.13. The van der Waals surface area contributed by atoms with Gasteiger partial charge in [0.1, 0.15) is 6.61 Å². The first-order chi connectivity index (χ1) is 18.2. The fourth-order valence-corrected chi connectivity index (χ4v) is 4.63. The smallest absolute Gasteiger partial charge is 0.407 e. The van der Waals surface area contributed by atoms with Crippen molar-refractivity contribution in [3.8, 4) is 28.1 Å². The van der Waals surface area contributed by atoms with Gasteiger partial charge in [0.05, 0.1) is 11.7 Å². The Morgan fingerprint density at radius 1 is 0.892 bits per heavy atom. The van der Waals surface area contributed by atoms with Gasteiger partial charge in [-0.3, -0.25) is 9.88 Å². The summed E-state index contributed by atoms with van der Waals surface area (Å²) in [6, 6.07) is 13.9. The number of aromatic nitrogens is 5. The molecule has 0 spiro atoms. The maximum atomic E-state index is 11.0. The predicted octanol–water partition coefficient (Wildman–Crippen LogP) is 3.68. The molecule has 1 fully saturated rings. The molecule has 10 nitrogen and oxygen atoms in total. The van der Waals surface area contributed by atoms with E-state index in [9.17, 15) is 4.79 Å². The van der Waals surface area contributed by atoms with Crippen molar-refractivity contribution in [2.24, 2.45) is 0 Å². The minimum absolute atomic E-state index is 0.493. The van der Waals surface area contributed by atoms with Crippen LogP contribution in [0, 0.1) is 0 Å². The summed E-state index contributed by atoms with van der Waals surface area (Å²) in [5.41, 5.74) is 5.53.